The van der Waals surface area contributed by atoms with Crippen LogP contribution in [0.25, 0.3) is 12.2 Å². The smallest absolute Gasteiger partial charge is 0.243 e. The van der Waals surface area contributed by atoms with Crippen molar-refractivity contribution in [2.75, 3.05) is 54.1 Å². The molecule has 0 spiro atoms. The van der Waals surface area contributed by atoms with Crippen LogP contribution in [-0.2, 0) is 24.2 Å². The van der Waals surface area contributed by atoms with Gasteiger partial charge in [0.1, 0.15) is 0 Å². The monoisotopic (exact) mass is 449 g/mol. The SMILES string of the molecule is COCOc1ccc(C=Cc2ccc(S(=O)(=O)N3CCOCC3)cc2)cc1OCOC. The van der Waals surface area contributed by atoms with Gasteiger partial charge in [0.15, 0.2) is 25.1 Å². The molecule has 168 valence electrons. The molecule has 0 saturated carbocycles. The largest absolute Gasteiger partial charge is 0.464 e. The normalized spacial score (nSPS) is 15.3. The first-order valence-electron chi connectivity index (χ1n) is 9.78. The molecule has 0 amide bonds. The second kappa shape index (κ2) is 11.3. The Hall–Kier alpha value is -2.43. The topological polar surface area (TPSA) is 83.5 Å². The van der Waals surface area contributed by atoms with Gasteiger partial charge in [-0.1, -0.05) is 30.4 Å². The van der Waals surface area contributed by atoms with Crippen LogP contribution in [0.2, 0.25) is 0 Å². The lowest BCUT2D eigenvalue weighted by molar-refractivity contribution is 0.0322. The highest BCUT2D eigenvalue weighted by Crippen LogP contribution is 2.29. The van der Waals surface area contributed by atoms with Gasteiger partial charge in [-0.25, -0.2) is 8.42 Å². The molecule has 1 fully saturated rings. The molecule has 1 heterocycles. The summed E-state index contributed by atoms with van der Waals surface area (Å²) in [6.07, 6.45) is 3.81. The lowest BCUT2D eigenvalue weighted by Gasteiger charge is -2.26. The van der Waals surface area contributed by atoms with Gasteiger partial charge in [-0.15, -0.1) is 0 Å². The molecule has 1 saturated heterocycles. The highest BCUT2D eigenvalue weighted by atomic mass is 32.2. The van der Waals surface area contributed by atoms with Crippen LogP contribution in [0.15, 0.2) is 47.4 Å². The Morgan fingerprint density at radius 2 is 1.45 bits per heavy atom. The number of ether oxygens (including phenoxy) is 5. The first-order valence-corrected chi connectivity index (χ1v) is 11.2. The zero-order chi connectivity index (χ0) is 22.1. The standard InChI is InChI=1S/C22H27NO7S/c1-26-16-29-21-10-7-19(15-22(21)30-17-27-2)4-3-18-5-8-20(9-6-18)31(24,25)23-11-13-28-14-12-23/h3-10,15H,11-14,16-17H2,1-2H3. The number of nitrogens with zero attached hydrogens (tertiary/aromatic N) is 1. The second-order valence-electron chi connectivity index (χ2n) is 6.73. The van der Waals surface area contributed by atoms with Gasteiger partial charge in [0.25, 0.3) is 0 Å². The predicted octanol–water partition coefficient (Wildman–Crippen LogP) is 2.84. The molecule has 1 aliphatic heterocycles. The van der Waals surface area contributed by atoms with E-state index in [1.54, 1.807) is 44.6 Å². The third-order valence-electron chi connectivity index (χ3n) is 4.59. The van der Waals surface area contributed by atoms with Crippen LogP contribution in [0.1, 0.15) is 11.1 Å². The summed E-state index contributed by atoms with van der Waals surface area (Å²) in [6, 6.07) is 12.3. The zero-order valence-electron chi connectivity index (χ0n) is 17.7. The third-order valence-corrected chi connectivity index (χ3v) is 6.50. The molecule has 3 rings (SSSR count). The summed E-state index contributed by atoms with van der Waals surface area (Å²) in [6.45, 7) is 1.80. The maximum Gasteiger partial charge on any atom is 0.243 e. The van der Waals surface area contributed by atoms with E-state index in [1.807, 2.05) is 24.3 Å². The van der Waals surface area contributed by atoms with Crippen molar-refractivity contribution in [1.82, 2.24) is 4.31 Å². The minimum absolute atomic E-state index is 0.0928. The Morgan fingerprint density at radius 3 is 2.10 bits per heavy atom. The maximum absolute atomic E-state index is 12.7. The Balaban J connectivity index is 1.72. The van der Waals surface area contributed by atoms with Crippen LogP contribution in [0.3, 0.4) is 0 Å². The fraction of sp³-hybridized carbons (Fsp3) is 0.364. The van der Waals surface area contributed by atoms with E-state index in [0.717, 1.165) is 11.1 Å². The average Bonchev–Trinajstić information content (AvgIpc) is 2.81. The van der Waals surface area contributed by atoms with E-state index in [2.05, 4.69) is 0 Å². The third kappa shape index (κ3) is 6.28. The lowest BCUT2D eigenvalue weighted by atomic mass is 10.1. The first-order chi connectivity index (χ1) is 15.0. The van der Waals surface area contributed by atoms with E-state index in [4.69, 9.17) is 23.7 Å². The van der Waals surface area contributed by atoms with Gasteiger partial charge in [0.05, 0.1) is 18.1 Å². The fourth-order valence-electron chi connectivity index (χ4n) is 2.98. The van der Waals surface area contributed by atoms with Crippen molar-refractivity contribution < 1.29 is 32.1 Å². The molecule has 2 aromatic rings. The van der Waals surface area contributed by atoms with Crippen molar-refractivity contribution >= 4 is 22.2 Å². The summed E-state index contributed by atoms with van der Waals surface area (Å²) in [5.41, 5.74) is 1.76. The highest BCUT2D eigenvalue weighted by Gasteiger charge is 2.25. The van der Waals surface area contributed by atoms with Gasteiger partial charge < -0.3 is 23.7 Å². The van der Waals surface area contributed by atoms with Gasteiger partial charge in [0, 0.05) is 27.3 Å². The minimum atomic E-state index is -3.50. The second-order valence-corrected chi connectivity index (χ2v) is 8.66. The lowest BCUT2D eigenvalue weighted by Crippen LogP contribution is -2.40. The Bertz CT molecular complexity index is 968. The van der Waals surface area contributed by atoms with Gasteiger partial charge in [-0.2, -0.15) is 4.31 Å². The summed E-state index contributed by atoms with van der Waals surface area (Å²) >= 11 is 0. The Morgan fingerprint density at radius 1 is 0.871 bits per heavy atom. The van der Waals surface area contributed by atoms with E-state index < -0.39 is 10.0 Å². The molecule has 0 aromatic heterocycles. The van der Waals surface area contributed by atoms with E-state index >= 15 is 0 Å². The van der Waals surface area contributed by atoms with Crippen LogP contribution < -0.4 is 9.47 Å². The molecule has 9 heteroatoms. The van der Waals surface area contributed by atoms with E-state index in [9.17, 15) is 8.42 Å². The highest BCUT2D eigenvalue weighted by molar-refractivity contribution is 7.89. The minimum Gasteiger partial charge on any atom is -0.464 e. The van der Waals surface area contributed by atoms with E-state index in [-0.39, 0.29) is 18.5 Å². The zero-order valence-corrected chi connectivity index (χ0v) is 18.5. The molecule has 0 aliphatic carbocycles. The number of rotatable bonds is 10. The molecular formula is C22H27NO7S. The van der Waals surface area contributed by atoms with Gasteiger partial charge >= 0.3 is 0 Å². The summed E-state index contributed by atoms with van der Waals surface area (Å²) in [5.74, 6) is 1.08. The quantitative estimate of drug-likeness (QED) is 0.407. The average molecular weight is 450 g/mol. The van der Waals surface area contributed by atoms with Crippen LogP contribution in [0.4, 0.5) is 0 Å². The number of hydrogen-bond acceptors (Lipinski definition) is 7. The number of sulfonamides is 1. The number of benzene rings is 2. The number of hydrogen-bond donors (Lipinski definition) is 0. The molecule has 0 radical (unpaired) electrons. The summed E-state index contributed by atoms with van der Waals surface area (Å²) < 4.78 is 53.1. The predicted molar refractivity (Wildman–Crippen MR) is 116 cm³/mol. The van der Waals surface area contributed by atoms with E-state index in [0.29, 0.717) is 37.8 Å². The molecule has 0 unspecified atom stereocenters. The van der Waals surface area contributed by atoms with Crippen molar-refractivity contribution in [3.8, 4) is 11.5 Å². The van der Waals surface area contributed by atoms with Crippen LogP contribution in [0, 0.1) is 0 Å². The summed E-state index contributed by atoms with van der Waals surface area (Å²) in [7, 11) is -0.406. The Kier molecular flexibility index (Phi) is 8.44. The Labute approximate surface area is 183 Å². The van der Waals surface area contributed by atoms with Crippen molar-refractivity contribution in [2.24, 2.45) is 0 Å². The molecule has 31 heavy (non-hydrogen) atoms. The molecule has 0 bridgehead atoms. The van der Waals surface area contributed by atoms with Gasteiger partial charge in [-0.3, -0.25) is 0 Å². The van der Waals surface area contributed by atoms with E-state index in [1.165, 1.54) is 4.31 Å². The molecule has 0 atom stereocenters. The molecule has 0 N–H and O–H groups in total. The molecule has 8 nitrogen and oxygen atoms in total. The van der Waals surface area contributed by atoms with Crippen LogP contribution in [0.5, 0.6) is 11.5 Å². The maximum atomic E-state index is 12.7. The number of morpholine rings is 1. The van der Waals surface area contributed by atoms with Crippen LogP contribution in [-0.4, -0.2) is 66.8 Å². The van der Waals surface area contributed by atoms with Crippen molar-refractivity contribution in [1.29, 1.82) is 0 Å². The van der Waals surface area contributed by atoms with Crippen molar-refractivity contribution in [3.05, 3.63) is 53.6 Å². The summed E-state index contributed by atoms with van der Waals surface area (Å²) in [5, 5.41) is 0. The fourth-order valence-corrected chi connectivity index (χ4v) is 4.39. The summed E-state index contributed by atoms with van der Waals surface area (Å²) in [4.78, 5) is 0.279. The van der Waals surface area contributed by atoms with Crippen molar-refractivity contribution in [3.63, 3.8) is 0 Å². The van der Waals surface area contributed by atoms with Gasteiger partial charge in [-0.05, 0) is 35.4 Å². The van der Waals surface area contributed by atoms with Crippen molar-refractivity contribution in [2.45, 2.75) is 4.90 Å². The van der Waals surface area contributed by atoms with Crippen LogP contribution >= 0.6 is 0 Å². The molecular weight excluding hydrogens is 422 g/mol. The molecule has 2 aromatic carbocycles. The van der Waals surface area contributed by atoms with Gasteiger partial charge in [0.2, 0.25) is 10.0 Å². The number of methoxy groups -OCH3 is 2. The molecule has 1 aliphatic rings. The first kappa shape index (κ1) is 23.2.